The van der Waals surface area contributed by atoms with Crippen molar-refractivity contribution in [1.29, 1.82) is 0 Å². The largest absolute Gasteiger partial charge is 0.497 e. The van der Waals surface area contributed by atoms with E-state index in [1.54, 1.807) is 19.8 Å². The van der Waals surface area contributed by atoms with Crippen LogP contribution in [0.25, 0.3) is 0 Å². The Labute approximate surface area is 137 Å². The van der Waals surface area contributed by atoms with E-state index in [0.717, 1.165) is 24.4 Å². The SMILES string of the molecule is COc1ccc(NC(=S)NCCC2=CCCCC2)c(OC)c1. The van der Waals surface area contributed by atoms with Crippen LogP contribution in [0.1, 0.15) is 32.1 Å². The molecule has 2 rings (SSSR count). The summed E-state index contributed by atoms with van der Waals surface area (Å²) in [6, 6.07) is 5.60. The highest BCUT2D eigenvalue weighted by Gasteiger charge is 2.07. The minimum Gasteiger partial charge on any atom is -0.497 e. The van der Waals surface area contributed by atoms with E-state index in [9.17, 15) is 0 Å². The van der Waals surface area contributed by atoms with Gasteiger partial charge < -0.3 is 20.1 Å². The summed E-state index contributed by atoms with van der Waals surface area (Å²) in [4.78, 5) is 0. The van der Waals surface area contributed by atoms with Gasteiger partial charge in [-0.05, 0) is 56.5 Å². The van der Waals surface area contributed by atoms with Crippen LogP contribution in [-0.4, -0.2) is 25.9 Å². The Morgan fingerprint density at radius 1 is 1.23 bits per heavy atom. The van der Waals surface area contributed by atoms with E-state index in [1.165, 1.54) is 25.7 Å². The number of benzene rings is 1. The highest BCUT2D eigenvalue weighted by molar-refractivity contribution is 7.80. The predicted molar refractivity (Wildman–Crippen MR) is 94.9 cm³/mol. The second-order valence-corrected chi connectivity index (χ2v) is 5.71. The van der Waals surface area contributed by atoms with Crippen LogP contribution >= 0.6 is 12.2 Å². The van der Waals surface area contributed by atoms with Crippen molar-refractivity contribution in [1.82, 2.24) is 5.32 Å². The van der Waals surface area contributed by atoms with Gasteiger partial charge in [-0.3, -0.25) is 0 Å². The van der Waals surface area contributed by atoms with Crippen LogP contribution in [0.15, 0.2) is 29.8 Å². The molecular formula is C17H24N2O2S. The number of ether oxygens (including phenoxy) is 2. The molecule has 0 atom stereocenters. The number of methoxy groups -OCH3 is 2. The zero-order chi connectivity index (χ0) is 15.8. The maximum atomic E-state index is 5.35. The monoisotopic (exact) mass is 320 g/mol. The third-order valence-electron chi connectivity index (χ3n) is 3.77. The van der Waals surface area contributed by atoms with Crippen LogP contribution in [0.5, 0.6) is 11.5 Å². The molecule has 0 heterocycles. The van der Waals surface area contributed by atoms with Crippen LogP contribution in [-0.2, 0) is 0 Å². The van der Waals surface area contributed by atoms with Crippen molar-refractivity contribution in [3.05, 3.63) is 29.8 Å². The summed E-state index contributed by atoms with van der Waals surface area (Å²) in [5.74, 6) is 1.46. The van der Waals surface area contributed by atoms with E-state index in [1.807, 2.05) is 18.2 Å². The van der Waals surface area contributed by atoms with Gasteiger partial charge in [-0.15, -0.1) is 0 Å². The average Bonchev–Trinajstić information content (AvgIpc) is 2.56. The van der Waals surface area contributed by atoms with Crippen molar-refractivity contribution >= 4 is 23.0 Å². The van der Waals surface area contributed by atoms with Gasteiger partial charge in [0.2, 0.25) is 0 Å². The first-order valence-electron chi connectivity index (χ1n) is 7.67. The van der Waals surface area contributed by atoms with Crippen molar-refractivity contribution in [3.8, 4) is 11.5 Å². The Morgan fingerprint density at radius 3 is 2.77 bits per heavy atom. The molecule has 0 aliphatic heterocycles. The second kappa shape index (κ2) is 8.63. The molecular weight excluding hydrogens is 296 g/mol. The van der Waals surface area contributed by atoms with Gasteiger partial charge in [-0.1, -0.05) is 11.6 Å². The van der Waals surface area contributed by atoms with E-state index in [4.69, 9.17) is 21.7 Å². The summed E-state index contributed by atoms with van der Waals surface area (Å²) in [6.07, 6.45) is 8.52. The van der Waals surface area contributed by atoms with Gasteiger partial charge in [0.1, 0.15) is 11.5 Å². The van der Waals surface area contributed by atoms with Gasteiger partial charge in [0.25, 0.3) is 0 Å². The van der Waals surface area contributed by atoms with E-state index in [2.05, 4.69) is 16.7 Å². The van der Waals surface area contributed by atoms with Crippen molar-refractivity contribution in [2.75, 3.05) is 26.1 Å². The van der Waals surface area contributed by atoms with Gasteiger partial charge in [-0.25, -0.2) is 0 Å². The number of hydrogen-bond donors (Lipinski definition) is 2. The molecule has 0 unspecified atom stereocenters. The quantitative estimate of drug-likeness (QED) is 0.615. The maximum Gasteiger partial charge on any atom is 0.170 e. The van der Waals surface area contributed by atoms with E-state index < -0.39 is 0 Å². The lowest BCUT2D eigenvalue weighted by molar-refractivity contribution is 0.395. The van der Waals surface area contributed by atoms with Crippen molar-refractivity contribution in [2.24, 2.45) is 0 Å². The zero-order valence-corrected chi connectivity index (χ0v) is 14.1. The van der Waals surface area contributed by atoms with Gasteiger partial charge in [-0.2, -0.15) is 0 Å². The number of thiocarbonyl (C=S) groups is 1. The third-order valence-corrected chi connectivity index (χ3v) is 4.02. The Hall–Kier alpha value is -1.75. The van der Waals surface area contributed by atoms with Crippen LogP contribution in [0.2, 0.25) is 0 Å². The number of allylic oxidation sites excluding steroid dienone is 1. The minimum absolute atomic E-state index is 0.611. The Morgan fingerprint density at radius 2 is 2.09 bits per heavy atom. The molecule has 2 N–H and O–H groups in total. The third kappa shape index (κ3) is 4.91. The topological polar surface area (TPSA) is 42.5 Å². The zero-order valence-electron chi connectivity index (χ0n) is 13.3. The molecule has 0 spiro atoms. The van der Waals surface area contributed by atoms with Crippen molar-refractivity contribution in [2.45, 2.75) is 32.1 Å². The molecule has 120 valence electrons. The minimum atomic E-state index is 0.611. The first-order valence-corrected chi connectivity index (χ1v) is 8.08. The molecule has 0 bridgehead atoms. The number of hydrogen-bond acceptors (Lipinski definition) is 3. The lowest BCUT2D eigenvalue weighted by Crippen LogP contribution is -2.29. The summed E-state index contributed by atoms with van der Waals surface area (Å²) in [5.41, 5.74) is 2.38. The molecule has 1 aliphatic rings. The summed E-state index contributed by atoms with van der Waals surface area (Å²) >= 11 is 5.34. The molecule has 0 amide bonds. The van der Waals surface area contributed by atoms with Crippen LogP contribution < -0.4 is 20.1 Å². The molecule has 0 saturated heterocycles. The molecule has 1 aromatic rings. The molecule has 0 radical (unpaired) electrons. The summed E-state index contributed by atoms with van der Waals surface area (Å²) < 4.78 is 10.5. The van der Waals surface area contributed by atoms with Gasteiger partial charge in [0.05, 0.1) is 19.9 Å². The fraction of sp³-hybridized carbons (Fsp3) is 0.471. The molecule has 1 aromatic carbocycles. The molecule has 4 nitrogen and oxygen atoms in total. The summed E-state index contributed by atoms with van der Waals surface area (Å²) in [5, 5.41) is 7.03. The highest BCUT2D eigenvalue weighted by Crippen LogP contribution is 2.28. The fourth-order valence-corrected chi connectivity index (χ4v) is 2.75. The standard InChI is InChI=1S/C17H24N2O2S/c1-20-14-8-9-15(16(12-14)21-2)19-17(22)18-11-10-13-6-4-3-5-7-13/h6,8-9,12H,3-5,7,10-11H2,1-2H3,(H2,18,19,22). The van der Waals surface area contributed by atoms with Crippen LogP contribution in [0.4, 0.5) is 5.69 Å². The van der Waals surface area contributed by atoms with Crippen LogP contribution in [0.3, 0.4) is 0 Å². The number of rotatable bonds is 6. The van der Waals surface area contributed by atoms with Crippen molar-refractivity contribution < 1.29 is 9.47 Å². The smallest absolute Gasteiger partial charge is 0.170 e. The first-order chi connectivity index (χ1) is 10.7. The maximum absolute atomic E-state index is 5.35. The Kier molecular flexibility index (Phi) is 6.52. The second-order valence-electron chi connectivity index (χ2n) is 5.31. The van der Waals surface area contributed by atoms with Gasteiger partial charge >= 0.3 is 0 Å². The first kappa shape index (κ1) is 16.6. The van der Waals surface area contributed by atoms with E-state index in [-0.39, 0.29) is 0 Å². The Bertz CT molecular complexity index is 543. The molecule has 0 saturated carbocycles. The number of nitrogens with one attached hydrogen (secondary N) is 2. The average molecular weight is 320 g/mol. The summed E-state index contributed by atoms with van der Waals surface area (Å²) in [6.45, 7) is 0.857. The lowest BCUT2D eigenvalue weighted by Gasteiger charge is -2.16. The van der Waals surface area contributed by atoms with Gasteiger partial charge in [0.15, 0.2) is 5.11 Å². The van der Waals surface area contributed by atoms with Crippen LogP contribution in [0, 0.1) is 0 Å². The van der Waals surface area contributed by atoms with E-state index in [0.29, 0.717) is 10.9 Å². The fourth-order valence-electron chi connectivity index (χ4n) is 2.54. The molecule has 1 aliphatic carbocycles. The molecule has 0 fully saturated rings. The van der Waals surface area contributed by atoms with Gasteiger partial charge in [0, 0.05) is 12.6 Å². The Balaban J connectivity index is 1.82. The predicted octanol–water partition coefficient (Wildman–Crippen LogP) is 3.88. The number of anilines is 1. The van der Waals surface area contributed by atoms with E-state index >= 15 is 0 Å². The highest BCUT2D eigenvalue weighted by atomic mass is 32.1. The van der Waals surface area contributed by atoms with Crippen molar-refractivity contribution in [3.63, 3.8) is 0 Å². The molecule has 0 aromatic heterocycles. The lowest BCUT2D eigenvalue weighted by atomic mass is 9.97. The molecule has 5 heteroatoms. The summed E-state index contributed by atoms with van der Waals surface area (Å²) in [7, 11) is 3.26. The normalized spacial score (nSPS) is 14.0. The molecule has 22 heavy (non-hydrogen) atoms.